The maximum absolute atomic E-state index is 9.40. The summed E-state index contributed by atoms with van der Waals surface area (Å²) in [6.45, 7) is 1.75. The average molecular weight is 222 g/mol. The summed E-state index contributed by atoms with van der Waals surface area (Å²) in [4.78, 5) is 0. The van der Waals surface area contributed by atoms with Crippen molar-refractivity contribution in [2.24, 2.45) is 21.7 Å². The van der Waals surface area contributed by atoms with Gasteiger partial charge in [-0.1, -0.05) is 0 Å². The van der Waals surface area contributed by atoms with E-state index >= 15 is 0 Å². The summed E-state index contributed by atoms with van der Waals surface area (Å²) in [6, 6.07) is 4.86. The molecule has 0 heterocycles. The zero-order valence-corrected chi connectivity index (χ0v) is 9.14. The Kier molecular flexibility index (Phi) is 3.71. The van der Waals surface area contributed by atoms with Gasteiger partial charge in [0.15, 0.2) is 11.5 Å². The number of benzene rings is 1. The fourth-order valence-corrected chi connectivity index (χ4v) is 1.09. The normalized spacial score (nSPS) is 11.0. The van der Waals surface area contributed by atoms with E-state index in [-0.39, 0.29) is 11.7 Å². The molecule has 0 aliphatic rings. The lowest BCUT2D eigenvalue weighted by atomic mass is 10.1. The minimum atomic E-state index is -0.106. The van der Waals surface area contributed by atoms with Crippen molar-refractivity contribution < 1.29 is 9.84 Å². The Morgan fingerprint density at radius 3 is 2.56 bits per heavy atom. The molecule has 16 heavy (non-hydrogen) atoms. The highest BCUT2D eigenvalue weighted by Gasteiger charge is 2.04. The quantitative estimate of drug-likeness (QED) is 0.391. The van der Waals surface area contributed by atoms with E-state index in [0.29, 0.717) is 11.5 Å². The summed E-state index contributed by atoms with van der Waals surface area (Å²) < 4.78 is 4.97. The molecule has 0 fully saturated rings. The number of rotatable bonds is 3. The zero-order chi connectivity index (χ0) is 12.1. The second-order valence-electron chi connectivity index (χ2n) is 3.10. The highest BCUT2D eigenvalue weighted by atomic mass is 16.5. The van der Waals surface area contributed by atoms with E-state index in [1.807, 2.05) is 0 Å². The molecule has 1 aromatic rings. The van der Waals surface area contributed by atoms with Crippen molar-refractivity contribution in [3.63, 3.8) is 0 Å². The van der Waals surface area contributed by atoms with Crippen LogP contribution >= 0.6 is 0 Å². The zero-order valence-electron chi connectivity index (χ0n) is 9.14. The van der Waals surface area contributed by atoms with Crippen LogP contribution in [0.5, 0.6) is 11.5 Å². The molecule has 0 saturated carbocycles. The molecule has 0 atom stereocenters. The number of hydrogen-bond acceptors (Lipinski definition) is 4. The molecule has 0 unspecified atom stereocenters. The first-order valence-corrected chi connectivity index (χ1v) is 4.55. The summed E-state index contributed by atoms with van der Waals surface area (Å²) >= 11 is 0. The molecule has 86 valence electrons. The Morgan fingerprint density at radius 1 is 1.31 bits per heavy atom. The fraction of sp³-hybridized carbons (Fsp3) is 0.200. The van der Waals surface area contributed by atoms with Crippen LogP contribution in [-0.2, 0) is 0 Å². The number of ether oxygens (including phenoxy) is 1. The van der Waals surface area contributed by atoms with Crippen LogP contribution in [0.4, 0.5) is 0 Å². The molecule has 0 aliphatic heterocycles. The van der Waals surface area contributed by atoms with E-state index < -0.39 is 0 Å². The Morgan fingerprint density at radius 2 is 2.00 bits per heavy atom. The van der Waals surface area contributed by atoms with Crippen LogP contribution in [0.3, 0.4) is 0 Å². The lowest BCUT2D eigenvalue weighted by Gasteiger charge is -2.05. The number of nitrogens with zero attached hydrogens (tertiary/aromatic N) is 2. The molecule has 5 N–H and O–H groups in total. The average Bonchev–Trinajstić information content (AvgIpc) is 2.26. The first-order chi connectivity index (χ1) is 7.54. The van der Waals surface area contributed by atoms with Crippen LogP contribution in [0.15, 0.2) is 28.4 Å². The third-order valence-corrected chi connectivity index (χ3v) is 1.91. The molecule has 6 heteroatoms. The number of hydrogen-bond donors (Lipinski definition) is 3. The molecule has 0 spiro atoms. The molecular formula is C10H14N4O2. The van der Waals surface area contributed by atoms with Gasteiger partial charge in [-0.15, -0.1) is 5.10 Å². The van der Waals surface area contributed by atoms with Gasteiger partial charge in [0.1, 0.15) is 0 Å². The fourth-order valence-electron chi connectivity index (χ4n) is 1.09. The van der Waals surface area contributed by atoms with E-state index in [2.05, 4.69) is 10.2 Å². The first kappa shape index (κ1) is 11.8. The van der Waals surface area contributed by atoms with Gasteiger partial charge in [0, 0.05) is 5.56 Å². The minimum Gasteiger partial charge on any atom is -0.504 e. The number of nitrogens with two attached hydrogens (primary N) is 2. The molecule has 1 rings (SSSR count). The van der Waals surface area contributed by atoms with Crippen LogP contribution in [0.25, 0.3) is 0 Å². The molecule has 0 aromatic heterocycles. The van der Waals surface area contributed by atoms with Crippen LogP contribution in [0.1, 0.15) is 12.5 Å². The second-order valence-corrected chi connectivity index (χ2v) is 3.10. The summed E-state index contributed by atoms with van der Waals surface area (Å²) in [5.41, 5.74) is 11.7. The van der Waals surface area contributed by atoms with Crippen molar-refractivity contribution in [3.05, 3.63) is 23.8 Å². The van der Waals surface area contributed by atoms with Crippen LogP contribution in [0, 0.1) is 0 Å². The number of methoxy groups -OCH3 is 1. The molecule has 6 nitrogen and oxygen atoms in total. The van der Waals surface area contributed by atoms with Gasteiger partial charge in [-0.2, -0.15) is 5.10 Å². The van der Waals surface area contributed by atoms with E-state index in [1.165, 1.54) is 13.2 Å². The van der Waals surface area contributed by atoms with Gasteiger partial charge in [0.05, 0.1) is 12.8 Å². The van der Waals surface area contributed by atoms with E-state index in [0.717, 1.165) is 5.56 Å². The molecule has 0 aliphatic carbocycles. The predicted octanol–water partition coefficient (Wildman–Crippen LogP) is 0.398. The molecular weight excluding hydrogens is 208 g/mol. The summed E-state index contributed by atoms with van der Waals surface area (Å²) in [5, 5.41) is 16.8. The predicted molar refractivity (Wildman–Crippen MR) is 62.7 cm³/mol. The first-order valence-electron chi connectivity index (χ1n) is 4.55. The standard InChI is InChI=1S/C10H14N4O2/c1-6(13-14-10(11)12)7-3-4-8(15)9(5-7)16-2/h3-5,15H,1-2H3,(H4,11,12,14)/b13-6+. The van der Waals surface area contributed by atoms with Crippen molar-refractivity contribution in [2.75, 3.05) is 7.11 Å². The molecule has 0 saturated heterocycles. The van der Waals surface area contributed by atoms with Crippen molar-refractivity contribution in [1.82, 2.24) is 0 Å². The van der Waals surface area contributed by atoms with Gasteiger partial charge in [-0.25, -0.2) is 0 Å². The Bertz CT molecular complexity index is 436. The van der Waals surface area contributed by atoms with Gasteiger partial charge in [0.25, 0.3) is 0 Å². The molecule has 0 bridgehead atoms. The van der Waals surface area contributed by atoms with Gasteiger partial charge >= 0.3 is 0 Å². The highest BCUT2D eigenvalue weighted by molar-refractivity contribution is 5.99. The van der Waals surface area contributed by atoms with Gasteiger partial charge < -0.3 is 21.3 Å². The highest BCUT2D eigenvalue weighted by Crippen LogP contribution is 2.26. The largest absolute Gasteiger partial charge is 0.504 e. The molecule has 0 amide bonds. The number of aromatic hydroxyl groups is 1. The summed E-state index contributed by atoms with van der Waals surface area (Å²) in [7, 11) is 1.47. The Labute approximate surface area is 93.2 Å². The number of guanidine groups is 1. The maximum Gasteiger partial charge on any atom is 0.211 e. The van der Waals surface area contributed by atoms with E-state index in [9.17, 15) is 5.11 Å². The van der Waals surface area contributed by atoms with Gasteiger partial charge in [-0.3, -0.25) is 0 Å². The van der Waals surface area contributed by atoms with Crippen molar-refractivity contribution in [2.45, 2.75) is 6.92 Å². The maximum atomic E-state index is 9.40. The van der Waals surface area contributed by atoms with Crippen molar-refractivity contribution in [3.8, 4) is 11.5 Å². The smallest absolute Gasteiger partial charge is 0.211 e. The lowest BCUT2D eigenvalue weighted by Crippen LogP contribution is -2.22. The SMILES string of the molecule is COc1cc(/C(C)=N/N=C(N)N)ccc1O. The second kappa shape index (κ2) is 5.01. The number of phenolic OH excluding ortho intramolecular Hbond substituents is 1. The van der Waals surface area contributed by atoms with E-state index in [4.69, 9.17) is 16.2 Å². The van der Waals surface area contributed by atoms with Crippen LogP contribution < -0.4 is 16.2 Å². The topological polar surface area (TPSA) is 106 Å². The summed E-state index contributed by atoms with van der Waals surface area (Å²) in [5.74, 6) is 0.336. The van der Waals surface area contributed by atoms with Crippen molar-refractivity contribution in [1.29, 1.82) is 0 Å². The van der Waals surface area contributed by atoms with Gasteiger partial charge in [0.2, 0.25) is 5.96 Å². The lowest BCUT2D eigenvalue weighted by molar-refractivity contribution is 0.373. The third kappa shape index (κ3) is 2.88. The van der Waals surface area contributed by atoms with Crippen LogP contribution in [-0.4, -0.2) is 23.9 Å². The molecule has 0 radical (unpaired) electrons. The Balaban J connectivity index is 3.05. The van der Waals surface area contributed by atoms with Gasteiger partial charge in [-0.05, 0) is 25.1 Å². The van der Waals surface area contributed by atoms with Crippen LogP contribution in [0.2, 0.25) is 0 Å². The monoisotopic (exact) mass is 222 g/mol. The molecule has 1 aromatic carbocycles. The summed E-state index contributed by atoms with van der Waals surface area (Å²) in [6.07, 6.45) is 0. The Hall–Kier alpha value is -2.24. The minimum absolute atomic E-state index is 0.0703. The third-order valence-electron chi connectivity index (χ3n) is 1.91. The van der Waals surface area contributed by atoms with Crippen molar-refractivity contribution >= 4 is 11.7 Å². The number of phenols is 1. The van der Waals surface area contributed by atoms with E-state index in [1.54, 1.807) is 19.1 Å².